The van der Waals surface area contributed by atoms with Crippen molar-refractivity contribution >= 4 is 33.2 Å². The van der Waals surface area contributed by atoms with E-state index < -0.39 is 0 Å². The van der Waals surface area contributed by atoms with Crippen LogP contribution in [0.25, 0.3) is 0 Å². The van der Waals surface area contributed by atoms with Gasteiger partial charge in [-0.05, 0) is 53.7 Å². The Morgan fingerprint density at radius 2 is 2.32 bits per heavy atom. The van der Waals surface area contributed by atoms with Crippen molar-refractivity contribution in [3.63, 3.8) is 0 Å². The lowest BCUT2D eigenvalue weighted by Gasteiger charge is -2.41. The van der Waals surface area contributed by atoms with Gasteiger partial charge in [-0.1, -0.05) is 23.8 Å². The Kier molecular flexibility index (Phi) is 3.77. The van der Waals surface area contributed by atoms with E-state index in [0.717, 1.165) is 26.9 Å². The minimum absolute atomic E-state index is 0.508. The van der Waals surface area contributed by atoms with Crippen molar-refractivity contribution in [3.05, 3.63) is 33.8 Å². The van der Waals surface area contributed by atoms with Crippen LogP contribution >= 0.6 is 27.5 Å². The molecular weight excluding hydrogens is 326 g/mol. The highest BCUT2D eigenvalue weighted by Crippen LogP contribution is 2.46. The van der Waals surface area contributed by atoms with E-state index in [9.17, 15) is 0 Å². The largest absolute Gasteiger partial charge is 0.491 e. The lowest BCUT2D eigenvalue weighted by atomic mass is 9.71. The summed E-state index contributed by atoms with van der Waals surface area (Å²) in [5.74, 6) is 2.38. The third kappa shape index (κ3) is 2.50. The topological polar surface area (TPSA) is 21.3 Å². The Morgan fingerprint density at radius 3 is 3.05 bits per heavy atom. The maximum atomic E-state index is 6.14. The SMILES string of the molecule is CCOc1c(Br)cc(Cl)cc1NC1CC2CC=CC21. The molecule has 0 heterocycles. The first-order valence-corrected chi connectivity index (χ1v) is 7.91. The zero-order valence-electron chi connectivity index (χ0n) is 10.8. The highest BCUT2D eigenvalue weighted by Gasteiger charge is 2.41. The van der Waals surface area contributed by atoms with Crippen LogP contribution in [0.1, 0.15) is 19.8 Å². The van der Waals surface area contributed by atoms with Gasteiger partial charge in [0.25, 0.3) is 0 Å². The lowest BCUT2D eigenvalue weighted by Crippen LogP contribution is -2.43. The minimum atomic E-state index is 0.508. The first-order valence-electron chi connectivity index (χ1n) is 6.74. The van der Waals surface area contributed by atoms with E-state index in [4.69, 9.17) is 16.3 Å². The van der Waals surface area contributed by atoms with Crippen molar-refractivity contribution in [3.8, 4) is 5.75 Å². The fraction of sp³-hybridized carbons (Fsp3) is 0.467. The third-order valence-corrected chi connectivity index (χ3v) is 4.81. The predicted octanol–water partition coefficient (Wildman–Crippen LogP) is 4.88. The van der Waals surface area contributed by atoms with Gasteiger partial charge in [-0.2, -0.15) is 0 Å². The van der Waals surface area contributed by atoms with E-state index in [0.29, 0.717) is 18.6 Å². The Bertz CT molecular complexity index is 517. The zero-order valence-corrected chi connectivity index (χ0v) is 13.2. The number of allylic oxidation sites excluding steroid dienone is 1. The summed E-state index contributed by atoms with van der Waals surface area (Å²) in [5.41, 5.74) is 0.991. The van der Waals surface area contributed by atoms with Gasteiger partial charge in [-0.25, -0.2) is 0 Å². The highest BCUT2D eigenvalue weighted by molar-refractivity contribution is 9.10. The minimum Gasteiger partial charge on any atom is -0.491 e. The molecule has 1 aromatic rings. The molecule has 2 aliphatic carbocycles. The van der Waals surface area contributed by atoms with Gasteiger partial charge < -0.3 is 10.1 Å². The molecule has 0 amide bonds. The number of ether oxygens (including phenoxy) is 1. The van der Waals surface area contributed by atoms with Gasteiger partial charge >= 0.3 is 0 Å². The van der Waals surface area contributed by atoms with Crippen LogP contribution in [-0.2, 0) is 0 Å². The van der Waals surface area contributed by atoms with Crippen molar-refractivity contribution < 1.29 is 4.74 Å². The maximum absolute atomic E-state index is 6.14. The summed E-state index contributed by atoms with van der Waals surface area (Å²) < 4.78 is 6.62. The van der Waals surface area contributed by atoms with Crippen LogP contribution in [0.3, 0.4) is 0 Å². The normalized spacial score (nSPS) is 27.8. The first-order chi connectivity index (χ1) is 9.19. The van der Waals surface area contributed by atoms with Gasteiger partial charge in [0.1, 0.15) is 0 Å². The van der Waals surface area contributed by atoms with Crippen molar-refractivity contribution in [2.45, 2.75) is 25.8 Å². The van der Waals surface area contributed by atoms with Crippen LogP contribution in [-0.4, -0.2) is 12.6 Å². The third-order valence-electron chi connectivity index (χ3n) is 4.00. The molecule has 102 valence electrons. The summed E-state index contributed by atoms with van der Waals surface area (Å²) >= 11 is 9.66. The number of fused-ring (bicyclic) bond motifs is 1. The number of rotatable bonds is 4. The molecule has 0 bridgehead atoms. The van der Waals surface area contributed by atoms with E-state index in [-0.39, 0.29) is 0 Å². The van der Waals surface area contributed by atoms with Crippen molar-refractivity contribution in [2.75, 3.05) is 11.9 Å². The Morgan fingerprint density at radius 1 is 1.47 bits per heavy atom. The molecule has 4 heteroatoms. The summed E-state index contributed by atoms with van der Waals surface area (Å²) in [6.45, 7) is 2.63. The number of nitrogens with one attached hydrogen (secondary N) is 1. The molecule has 1 fully saturated rings. The quantitative estimate of drug-likeness (QED) is 0.788. The molecule has 0 spiro atoms. The van der Waals surface area contributed by atoms with E-state index in [2.05, 4.69) is 33.4 Å². The number of hydrogen-bond acceptors (Lipinski definition) is 2. The Labute approximate surface area is 127 Å². The van der Waals surface area contributed by atoms with Crippen LogP contribution in [0, 0.1) is 11.8 Å². The van der Waals surface area contributed by atoms with Crippen molar-refractivity contribution in [2.24, 2.45) is 11.8 Å². The summed E-state index contributed by atoms with van der Waals surface area (Å²) in [6, 6.07) is 4.33. The smallest absolute Gasteiger partial charge is 0.156 e. The molecule has 3 unspecified atom stereocenters. The van der Waals surface area contributed by atoms with E-state index >= 15 is 0 Å². The monoisotopic (exact) mass is 341 g/mol. The highest BCUT2D eigenvalue weighted by atomic mass is 79.9. The number of anilines is 1. The molecule has 0 aromatic heterocycles. The molecule has 0 aliphatic heterocycles. The van der Waals surface area contributed by atoms with Crippen molar-refractivity contribution in [1.29, 1.82) is 0 Å². The van der Waals surface area contributed by atoms with Gasteiger partial charge in [0.2, 0.25) is 0 Å². The summed E-state index contributed by atoms with van der Waals surface area (Å²) in [5, 5.41) is 4.31. The summed E-state index contributed by atoms with van der Waals surface area (Å²) in [6.07, 6.45) is 7.11. The van der Waals surface area contributed by atoms with Crippen LogP contribution in [0.4, 0.5) is 5.69 Å². The second kappa shape index (κ2) is 5.37. The van der Waals surface area contributed by atoms with E-state index in [1.54, 1.807) is 0 Å². The molecule has 2 aliphatic rings. The van der Waals surface area contributed by atoms with Crippen molar-refractivity contribution in [1.82, 2.24) is 0 Å². The lowest BCUT2D eigenvalue weighted by molar-refractivity contribution is 0.217. The predicted molar refractivity (Wildman–Crippen MR) is 83.1 cm³/mol. The molecule has 3 atom stereocenters. The summed E-state index contributed by atoms with van der Waals surface area (Å²) in [7, 11) is 0. The van der Waals surface area contributed by atoms with E-state index in [1.165, 1.54) is 12.8 Å². The molecule has 0 saturated heterocycles. The fourth-order valence-electron chi connectivity index (χ4n) is 3.04. The van der Waals surface area contributed by atoms with Crippen LogP contribution in [0.15, 0.2) is 28.8 Å². The number of hydrogen-bond donors (Lipinski definition) is 1. The molecule has 19 heavy (non-hydrogen) atoms. The molecule has 1 aromatic carbocycles. The maximum Gasteiger partial charge on any atom is 0.156 e. The zero-order chi connectivity index (χ0) is 13.4. The standard InChI is InChI=1S/C15H17BrClNO/c1-2-19-15-12(16)7-10(17)8-14(15)18-13-6-9-4-3-5-11(9)13/h3,5,7-9,11,13,18H,2,4,6H2,1H3. The molecule has 0 radical (unpaired) electrons. The van der Waals surface area contributed by atoms with Gasteiger partial charge in [0.15, 0.2) is 5.75 Å². The molecular formula is C15H17BrClNO. The number of halogens is 2. The van der Waals surface area contributed by atoms with Crippen LogP contribution in [0.5, 0.6) is 5.75 Å². The first kappa shape index (κ1) is 13.3. The number of benzene rings is 1. The molecule has 2 nitrogen and oxygen atoms in total. The Balaban J connectivity index is 1.81. The molecule has 3 rings (SSSR count). The summed E-state index contributed by atoms with van der Waals surface area (Å²) in [4.78, 5) is 0. The molecule has 1 saturated carbocycles. The van der Waals surface area contributed by atoms with Gasteiger partial charge in [-0.15, -0.1) is 0 Å². The van der Waals surface area contributed by atoms with Gasteiger partial charge in [-0.3, -0.25) is 0 Å². The van der Waals surface area contributed by atoms with Gasteiger partial charge in [0.05, 0.1) is 16.8 Å². The Hall–Kier alpha value is -0.670. The average Bonchev–Trinajstić information content (AvgIpc) is 2.71. The van der Waals surface area contributed by atoms with Crippen LogP contribution < -0.4 is 10.1 Å². The van der Waals surface area contributed by atoms with Crippen LogP contribution in [0.2, 0.25) is 5.02 Å². The molecule has 1 N–H and O–H groups in total. The second-order valence-electron chi connectivity index (χ2n) is 5.19. The second-order valence-corrected chi connectivity index (χ2v) is 6.48. The average molecular weight is 343 g/mol. The fourth-order valence-corrected chi connectivity index (χ4v) is 3.97. The van der Waals surface area contributed by atoms with E-state index in [1.807, 2.05) is 19.1 Å². The van der Waals surface area contributed by atoms with Gasteiger partial charge in [0, 0.05) is 17.0 Å².